The lowest BCUT2D eigenvalue weighted by Gasteiger charge is -2.34. The van der Waals surface area contributed by atoms with Crippen molar-refractivity contribution in [2.24, 2.45) is 11.0 Å². The van der Waals surface area contributed by atoms with E-state index in [1.807, 2.05) is 24.3 Å². The number of nitrogens with one attached hydrogen (secondary N) is 3. The van der Waals surface area contributed by atoms with Gasteiger partial charge in [-0.1, -0.05) is 30.2 Å². The summed E-state index contributed by atoms with van der Waals surface area (Å²) in [7, 11) is -3.42. The molecule has 0 aliphatic carbocycles. The number of para-hydroxylation sites is 1. The van der Waals surface area contributed by atoms with E-state index in [-0.39, 0.29) is 19.4 Å². The normalized spacial score (nSPS) is 25.9. The molecule has 3 heterocycles. The van der Waals surface area contributed by atoms with Gasteiger partial charge in [-0.05, 0) is 17.2 Å². The number of hydrogen-bond acceptors (Lipinski definition) is 8. The molecule has 0 spiro atoms. The average molecular weight is 549 g/mol. The minimum absolute atomic E-state index is 0.0366. The molecule has 38 heavy (non-hydrogen) atoms. The van der Waals surface area contributed by atoms with Crippen molar-refractivity contribution in [2.75, 3.05) is 20.3 Å². The summed E-state index contributed by atoms with van der Waals surface area (Å²) < 4.78 is 28.8. The molecule has 2 aromatic rings. The van der Waals surface area contributed by atoms with Gasteiger partial charge in [-0.15, -0.1) is 0 Å². The van der Waals surface area contributed by atoms with Gasteiger partial charge in [0.1, 0.15) is 12.3 Å². The Bertz CT molecular complexity index is 1310. The number of methoxy groups -OCH3 is 1. The highest BCUT2D eigenvalue weighted by Gasteiger charge is 2.43. The number of imide groups is 1. The van der Waals surface area contributed by atoms with E-state index in [0.29, 0.717) is 0 Å². The summed E-state index contributed by atoms with van der Waals surface area (Å²) in [6, 6.07) is 4.73. The molecule has 0 bridgehead atoms. The zero-order chi connectivity index (χ0) is 27.4. The maximum Gasteiger partial charge on any atom is 0.403 e. The lowest BCUT2D eigenvalue weighted by atomic mass is 10.1. The molecule has 0 radical (unpaired) electrons. The molecule has 1 aromatic heterocycles. The zero-order valence-electron chi connectivity index (χ0n) is 20.6. The lowest BCUT2D eigenvalue weighted by molar-refractivity contribution is -0.142. The van der Waals surface area contributed by atoms with Gasteiger partial charge in [0.2, 0.25) is 5.91 Å². The molecule has 1 aromatic carbocycles. The average Bonchev–Trinajstić information content (AvgIpc) is 3.48. The summed E-state index contributed by atoms with van der Waals surface area (Å²) in [5.74, 6) is -1.65. The van der Waals surface area contributed by atoms with Crippen LogP contribution in [0.2, 0.25) is 0 Å². The largest absolute Gasteiger partial charge is 0.468 e. The highest BCUT2D eigenvalue weighted by atomic mass is 31.2. The second kappa shape index (κ2) is 11.5. The molecular formula is C22H28N7O8P. The fourth-order valence-electron chi connectivity index (χ4n) is 4.51. The van der Waals surface area contributed by atoms with Gasteiger partial charge in [0.25, 0.3) is 0 Å². The fraction of sp³-hybridized carbons (Fsp3) is 0.500. The van der Waals surface area contributed by atoms with Crippen LogP contribution in [0, 0.1) is 5.92 Å². The minimum atomic E-state index is -4.59. The van der Waals surface area contributed by atoms with Gasteiger partial charge in [-0.2, -0.15) is 0 Å². The number of aromatic amines is 1. The third-order valence-electron chi connectivity index (χ3n) is 6.48. The Morgan fingerprint density at radius 3 is 2.92 bits per heavy atom. The van der Waals surface area contributed by atoms with Gasteiger partial charge in [-0.3, -0.25) is 24.3 Å². The monoisotopic (exact) mass is 549 g/mol. The molecule has 2 saturated heterocycles. The number of benzene rings is 1. The van der Waals surface area contributed by atoms with Crippen LogP contribution in [0.4, 0.5) is 4.79 Å². The first-order valence-corrected chi connectivity index (χ1v) is 13.4. The smallest absolute Gasteiger partial charge is 0.403 e. The lowest BCUT2D eigenvalue weighted by Crippen LogP contribution is -2.57. The second-order valence-electron chi connectivity index (χ2n) is 9.07. The van der Waals surface area contributed by atoms with Crippen molar-refractivity contribution in [3.8, 4) is 0 Å². The number of esters is 1. The minimum Gasteiger partial charge on any atom is -0.468 e. The van der Waals surface area contributed by atoms with Crippen LogP contribution in [0.3, 0.4) is 0 Å². The van der Waals surface area contributed by atoms with Crippen molar-refractivity contribution in [2.45, 2.75) is 44.2 Å². The Morgan fingerprint density at radius 1 is 1.42 bits per heavy atom. The van der Waals surface area contributed by atoms with Gasteiger partial charge in [0.05, 0.1) is 31.8 Å². The Hall–Kier alpha value is -3.45. The van der Waals surface area contributed by atoms with Crippen LogP contribution >= 0.6 is 7.75 Å². The topological polar surface area (TPSA) is 208 Å². The quantitative estimate of drug-likeness (QED) is 0.112. The van der Waals surface area contributed by atoms with Gasteiger partial charge in [-0.25, -0.2) is 14.4 Å². The van der Waals surface area contributed by atoms with Gasteiger partial charge in [0, 0.05) is 41.4 Å². The number of ether oxygens (including phenoxy) is 2. The van der Waals surface area contributed by atoms with Gasteiger partial charge >= 0.3 is 19.7 Å². The van der Waals surface area contributed by atoms with E-state index < -0.39 is 62.6 Å². The number of azide groups is 1. The first-order chi connectivity index (χ1) is 18.1. The Morgan fingerprint density at radius 2 is 2.18 bits per heavy atom. The van der Waals surface area contributed by atoms with Crippen molar-refractivity contribution in [1.29, 1.82) is 0 Å². The number of H-pyrrole nitrogens is 1. The number of aromatic nitrogens is 1. The van der Waals surface area contributed by atoms with Gasteiger partial charge < -0.3 is 19.4 Å². The van der Waals surface area contributed by atoms with E-state index in [9.17, 15) is 23.8 Å². The number of hydrogen-bond donors (Lipinski definition) is 4. The molecule has 3 amide bonds. The third kappa shape index (κ3) is 6.16. The van der Waals surface area contributed by atoms with Crippen molar-refractivity contribution in [3.63, 3.8) is 0 Å². The molecule has 15 nitrogen and oxygen atoms in total. The highest BCUT2D eigenvalue weighted by molar-refractivity contribution is 7.50. The number of rotatable bonds is 10. The number of amides is 3. The maximum atomic E-state index is 12.9. The maximum absolute atomic E-state index is 12.9. The molecule has 2 unspecified atom stereocenters. The number of carbonyl (C=O) groups excluding carboxylic acids is 3. The summed E-state index contributed by atoms with van der Waals surface area (Å²) >= 11 is 0. The van der Waals surface area contributed by atoms with E-state index in [4.69, 9.17) is 19.5 Å². The molecular weight excluding hydrogens is 521 g/mol. The molecule has 204 valence electrons. The zero-order valence-corrected chi connectivity index (χ0v) is 21.5. The molecule has 4 rings (SSSR count). The van der Waals surface area contributed by atoms with E-state index in [2.05, 4.69) is 25.4 Å². The van der Waals surface area contributed by atoms with E-state index in [0.717, 1.165) is 23.6 Å². The molecule has 4 N–H and O–H groups in total. The Kier molecular flexibility index (Phi) is 8.36. The summed E-state index contributed by atoms with van der Waals surface area (Å²) in [6.45, 7) is 1.27. The summed E-state index contributed by atoms with van der Waals surface area (Å²) in [6.07, 6.45) is 0.0261. The second-order valence-corrected chi connectivity index (χ2v) is 10.6. The molecule has 2 fully saturated rings. The Labute approximate surface area is 217 Å². The number of carbonyl (C=O) groups is 3. The summed E-state index contributed by atoms with van der Waals surface area (Å²) in [5.41, 5.74) is 10.5. The van der Waals surface area contributed by atoms with Crippen molar-refractivity contribution in [3.05, 3.63) is 46.5 Å². The van der Waals surface area contributed by atoms with Crippen LogP contribution in [-0.2, 0) is 34.6 Å². The van der Waals surface area contributed by atoms with Crippen molar-refractivity contribution < 1.29 is 37.8 Å². The summed E-state index contributed by atoms with van der Waals surface area (Å²) in [5, 5.41) is 9.09. The first kappa shape index (κ1) is 27.6. The van der Waals surface area contributed by atoms with Crippen LogP contribution in [0.1, 0.15) is 18.9 Å². The first-order valence-electron chi connectivity index (χ1n) is 11.8. The fourth-order valence-corrected chi connectivity index (χ4v) is 5.52. The predicted octanol–water partition coefficient (Wildman–Crippen LogP) is 1.94. The molecule has 2 aliphatic heterocycles. The SMILES string of the molecule is COC(=O)[C@H](Cc1c[nH]c2ccccc12)NP(=O)(O)OC[C@H]1O[C@@H](N2CC(C)C(=O)NC2=O)C[C@@H]1N=[N+]=[N-]. The van der Waals surface area contributed by atoms with Crippen LogP contribution < -0.4 is 10.4 Å². The number of nitrogens with zero attached hydrogens (tertiary/aromatic N) is 4. The summed E-state index contributed by atoms with van der Waals surface area (Å²) in [4.78, 5) is 54.1. The molecule has 0 saturated carbocycles. The van der Waals surface area contributed by atoms with Crippen molar-refractivity contribution >= 4 is 36.6 Å². The predicted molar refractivity (Wildman–Crippen MR) is 132 cm³/mol. The van der Waals surface area contributed by atoms with Crippen LogP contribution in [0.5, 0.6) is 0 Å². The number of fused-ring (bicyclic) bond motifs is 1. The molecule has 2 aliphatic rings. The van der Waals surface area contributed by atoms with E-state index in [1.165, 1.54) is 4.90 Å². The van der Waals surface area contributed by atoms with Crippen molar-refractivity contribution in [1.82, 2.24) is 20.3 Å². The molecule has 6 atom stereocenters. The standard InChI is InChI=1S/C22H28N7O8P/c1-12-10-29(22(32)25-20(12)30)19-8-16(26-28-23)18(37-19)11-36-38(33,34)27-17(21(31)35-2)7-13-9-24-15-6-4-3-5-14(13)15/h3-6,9,12,16-19,24H,7-8,10-11H2,1-2H3,(H,25,30,32)(H2,27,33,34)/t12?,16-,17-,18+,19+/m0/s1. The van der Waals surface area contributed by atoms with Crippen LogP contribution in [0.15, 0.2) is 35.6 Å². The van der Waals surface area contributed by atoms with Crippen LogP contribution in [-0.4, -0.2) is 77.4 Å². The highest BCUT2D eigenvalue weighted by Crippen LogP contribution is 2.40. The third-order valence-corrected chi connectivity index (χ3v) is 7.62. The number of urea groups is 1. The van der Waals surface area contributed by atoms with E-state index >= 15 is 0 Å². The van der Waals surface area contributed by atoms with E-state index in [1.54, 1.807) is 13.1 Å². The Balaban J connectivity index is 1.42. The molecule has 16 heteroatoms. The van der Waals surface area contributed by atoms with Crippen LogP contribution in [0.25, 0.3) is 21.3 Å². The van der Waals surface area contributed by atoms with Gasteiger partial charge in [0.15, 0.2) is 0 Å².